The lowest BCUT2D eigenvalue weighted by molar-refractivity contribution is 0.0931. The number of anilines is 1. The normalized spacial score (nSPS) is 11.9. The fourth-order valence-electron chi connectivity index (χ4n) is 1.93. The largest absolute Gasteiger partial charge is 0.384 e. The van der Waals surface area contributed by atoms with E-state index in [4.69, 9.17) is 0 Å². The fourth-order valence-corrected chi connectivity index (χ4v) is 2.79. The zero-order valence-electron chi connectivity index (χ0n) is 11.7. The minimum atomic E-state index is -0.131. The van der Waals surface area contributed by atoms with Crippen LogP contribution in [-0.4, -0.2) is 17.4 Å². The molecular weight excluding hydrogens is 270 g/mol. The molecule has 1 unspecified atom stereocenters. The molecule has 0 aromatic carbocycles. The van der Waals surface area contributed by atoms with Gasteiger partial charge in [0.05, 0.1) is 17.9 Å². The Balaban J connectivity index is 2.03. The standard InChI is InChI=1S/C15H19N3OS/c1-3-12(14-6-5-9-20-14)18-15(19)13-8-7-11(10-17-13)16-4-2/h5-10,12,16H,3-4H2,1-2H3,(H,18,19). The SMILES string of the molecule is CCNc1ccc(C(=O)NC(CC)c2cccs2)nc1. The molecular formula is C15H19N3OS. The summed E-state index contributed by atoms with van der Waals surface area (Å²) in [5, 5.41) is 8.20. The second-order valence-corrected chi connectivity index (χ2v) is 5.39. The van der Waals surface area contributed by atoms with E-state index in [2.05, 4.69) is 22.5 Å². The zero-order valence-corrected chi connectivity index (χ0v) is 12.5. The van der Waals surface area contributed by atoms with Crippen molar-refractivity contribution >= 4 is 22.9 Å². The first-order valence-corrected chi connectivity index (χ1v) is 7.66. The number of carbonyl (C=O) groups excluding carboxylic acids is 1. The molecule has 1 amide bonds. The molecule has 0 saturated carbocycles. The summed E-state index contributed by atoms with van der Waals surface area (Å²) in [6.45, 7) is 4.92. The molecule has 2 N–H and O–H groups in total. The number of amides is 1. The second kappa shape index (κ2) is 7.05. The Bertz CT molecular complexity index is 537. The van der Waals surface area contributed by atoms with Crippen LogP contribution in [-0.2, 0) is 0 Å². The van der Waals surface area contributed by atoms with Gasteiger partial charge in [-0.15, -0.1) is 11.3 Å². The quantitative estimate of drug-likeness (QED) is 0.856. The van der Waals surface area contributed by atoms with Crippen LogP contribution in [0.15, 0.2) is 35.8 Å². The van der Waals surface area contributed by atoms with Gasteiger partial charge in [-0.25, -0.2) is 4.98 Å². The predicted octanol–water partition coefficient (Wildman–Crippen LogP) is 3.46. The van der Waals surface area contributed by atoms with E-state index in [0.717, 1.165) is 18.7 Å². The van der Waals surface area contributed by atoms with Crippen LogP contribution in [0.5, 0.6) is 0 Å². The number of hydrogen-bond donors (Lipinski definition) is 2. The lowest BCUT2D eigenvalue weighted by Crippen LogP contribution is -2.28. The average molecular weight is 289 g/mol. The number of pyridine rings is 1. The Morgan fingerprint density at radius 3 is 2.75 bits per heavy atom. The summed E-state index contributed by atoms with van der Waals surface area (Å²) >= 11 is 1.66. The van der Waals surface area contributed by atoms with Crippen LogP contribution in [0.3, 0.4) is 0 Å². The summed E-state index contributed by atoms with van der Waals surface area (Å²) in [5.41, 5.74) is 1.37. The van der Waals surface area contributed by atoms with E-state index in [0.29, 0.717) is 5.69 Å². The Kier molecular flexibility index (Phi) is 5.12. The van der Waals surface area contributed by atoms with Crippen molar-refractivity contribution in [3.8, 4) is 0 Å². The topological polar surface area (TPSA) is 54.0 Å². The van der Waals surface area contributed by atoms with Crippen LogP contribution < -0.4 is 10.6 Å². The maximum absolute atomic E-state index is 12.2. The molecule has 2 rings (SSSR count). The van der Waals surface area contributed by atoms with Gasteiger partial charge in [0.25, 0.3) is 5.91 Å². The molecule has 0 bridgehead atoms. The molecule has 0 aliphatic carbocycles. The molecule has 0 radical (unpaired) electrons. The number of nitrogens with one attached hydrogen (secondary N) is 2. The van der Waals surface area contributed by atoms with Gasteiger partial charge >= 0.3 is 0 Å². The summed E-state index contributed by atoms with van der Waals surface area (Å²) in [5.74, 6) is -0.131. The third kappa shape index (κ3) is 3.57. The van der Waals surface area contributed by atoms with E-state index < -0.39 is 0 Å². The minimum absolute atomic E-state index is 0.0535. The number of nitrogens with zero attached hydrogens (tertiary/aromatic N) is 1. The van der Waals surface area contributed by atoms with Crippen LogP contribution in [0.2, 0.25) is 0 Å². The van der Waals surface area contributed by atoms with Crippen molar-refractivity contribution in [2.45, 2.75) is 26.3 Å². The summed E-state index contributed by atoms with van der Waals surface area (Å²) in [7, 11) is 0. The lowest BCUT2D eigenvalue weighted by Gasteiger charge is -2.15. The molecule has 0 aliphatic heterocycles. The average Bonchev–Trinajstić information content (AvgIpc) is 2.99. The molecule has 0 spiro atoms. The van der Waals surface area contributed by atoms with Crippen LogP contribution >= 0.6 is 11.3 Å². The number of hydrogen-bond acceptors (Lipinski definition) is 4. The van der Waals surface area contributed by atoms with E-state index in [1.54, 1.807) is 23.6 Å². The summed E-state index contributed by atoms with van der Waals surface area (Å²) in [4.78, 5) is 17.6. The summed E-state index contributed by atoms with van der Waals surface area (Å²) in [6.07, 6.45) is 2.55. The Labute approximate surface area is 123 Å². The van der Waals surface area contributed by atoms with E-state index in [9.17, 15) is 4.79 Å². The van der Waals surface area contributed by atoms with Gasteiger partial charge in [0, 0.05) is 11.4 Å². The molecule has 0 aliphatic rings. The van der Waals surface area contributed by atoms with E-state index in [-0.39, 0.29) is 11.9 Å². The van der Waals surface area contributed by atoms with Gasteiger partial charge in [-0.05, 0) is 36.9 Å². The maximum Gasteiger partial charge on any atom is 0.270 e. The highest BCUT2D eigenvalue weighted by Crippen LogP contribution is 2.22. The minimum Gasteiger partial charge on any atom is -0.384 e. The summed E-state index contributed by atoms with van der Waals surface area (Å²) in [6, 6.07) is 7.71. The molecule has 2 aromatic heterocycles. The third-order valence-electron chi connectivity index (χ3n) is 2.98. The molecule has 5 heteroatoms. The van der Waals surface area contributed by atoms with Crippen LogP contribution in [0, 0.1) is 0 Å². The van der Waals surface area contributed by atoms with Crippen molar-refractivity contribution < 1.29 is 4.79 Å². The lowest BCUT2D eigenvalue weighted by atomic mass is 10.2. The Morgan fingerprint density at radius 2 is 2.20 bits per heavy atom. The molecule has 0 fully saturated rings. The van der Waals surface area contributed by atoms with Crippen LogP contribution in [0.4, 0.5) is 5.69 Å². The highest BCUT2D eigenvalue weighted by Gasteiger charge is 2.15. The van der Waals surface area contributed by atoms with Gasteiger partial charge in [-0.1, -0.05) is 13.0 Å². The summed E-state index contributed by atoms with van der Waals surface area (Å²) < 4.78 is 0. The van der Waals surface area contributed by atoms with Crippen molar-refractivity contribution in [2.75, 3.05) is 11.9 Å². The van der Waals surface area contributed by atoms with Gasteiger partial charge in [-0.3, -0.25) is 4.79 Å². The first-order chi connectivity index (χ1) is 9.74. The van der Waals surface area contributed by atoms with Gasteiger partial charge in [0.1, 0.15) is 5.69 Å². The van der Waals surface area contributed by atoms with Gasteiger partial charge in [-0.2, -0.15) is 0 Å². The van der Waals surface area contributed by atoms with Gasteiger partial charge in [0.15, 0.2) is 0 Å². The number of carbonyl (C=O) groups is 1. The van der Waals surface area contributed by atoms with Crippen molar-refractivity contribution in [3.63, 3.8) is 0 Å². The molecule has 4 nitrogen and oxygen atoms in total. The second-order valence-electron chi connectivity index (χ2n) is 4.41. The molecule has 0 saturated heterocycles. The molecule has 2 aromatic rings. The highest BCUT2D eigenvalue weighted by molar-refractivity contribution is 7.10. The van der Waals surface area contributed by atoms with Crippen LogP contribution in [0.1, 0.15) is 41.7 Å². The first-order valence-electron chi connectivity index (χ1n) is 6.78. The van der Waals surface area contributed by atoms with E-state index in [1.165, 1.54) is 4.88 Å². The molecule has 2 heterocycles. The van der Waals surface area contributed by atoms with Crippen molar-refractivity contribution in [1.29, 1.82) is 0 Å². The number of rotatable bonds is 6. The van der Waals surface area contributed by atoms with Crippen LogP contribution in [0.25, 0.3) is 0 Å². The van der Waals surface area contributed by atoms with Gasteiger partial charge < -0.3 is 10.6 Å². The Morgan fingerprint density at radius 1 is 1.35 bits per heavy atom. The highest BCUT2D eigenvalue weighted by atomic mass is 32.1. The van der Waals surface area contributed by atoms with E-state index >= 15 is 0 Å². The number of aromatic nitrogens is 1. The van der Waals surface area contributed by atoms with Crippen molar-refractivity contribution in [3.05, 3.63) is 46.4 Å². The maximum atomic E-state index is 12.2. The molecule has 1 atom stereocenters. The smallest absolute Gasteiger partial charge is 0.270 e. The van der Waals surface area contributed by atoms with Gasteiger partial charge in [0.2, 0.25) is 0 Å². The van der Waals surface area contributed by atoms with E-state index in [1.807, 2.05) is 30.5 Å². The van der Waals surface area contributed by atoms with Crippen molar-refractivity contribution in [1.82, 2.24) is 10.3 Å². The Hall–Kier alpha value is -1.88. The monoisotopic (exact) mass is 289 g/mol. The molecule has 106 valence electrons. The predicted molar refractivity (Wildman–Crippen MR) is 83.2 cm³/mol. The number of thiophene rings is 1. The first kappa shape index (κ1) is 14.5. The molecule has 20 heavy (non-hydrogen) atoms. The zero-order chi connectivity index (χ0) is 14.4. The third-order valence-corrected chi connectivity index (χ3v) is 3.96. The van der Waals surface area contributed by atoms with Crippen molar-refractivity contribution in [2.24, 2.45) is 0 Å². The fraction of sp³-hybridized carbons (Fsp3) is 0.333.